The van der Waals surface area contributed by atoms with E-state index in [9.17, 15) is 8.78 Å². The van der Waals surface area contributed by atoms with Gasteiger partial charge in [-0.05, 0) is 44.0 Å². The van der Waals surface area contributed by atoms with Crippen LogP contribution in [0, 0.1) is 11.6 Å². The first-order valence-corrected chi connectivity index (χ1v) is 5.46. The number of ether oxygens (including phenoxy) is 1. The van der Waals surface area contributed by atoms with Crippen molar-refractivity contribution in [3.63, 3.8) is 0 Å². The highest BCUT2D eigenvalue weighted by Crippen LogP contribution is 2.36. The zero-order valence-corrected chi connectivity index (χ0v) is 9.22. The maximum atomic E-state index is 13.7. The van der Waals surface area contributed by atoms with Gasteiger partial charge in [0.05, 0.1) is 7.11 Å². The van der Waals surface area contributed by atoms with Crippen molar-refractivity contribution in [2.24, 2.45) is 0 Å². The standard InChI is InChI=1S/C12H15F2NO/c1-16-12-10(14)3-2-9(13)11(12)8-4-6-15-7-5-8/h2-3,8,15H,4-7H2,1H3. The lowest BCUT2D eigenvalue weighted by molar-refractivity contribution is 0.359. The molecule has 1 aromatic carbocycles. The second kappa shape index (κ2) is 4.78. The molecular weight excluding hydrogens is 212 g/mol. The molecule has 1 aliphatic heterocycles. The highest BCUT2D eigenvalue weighted by Gasteiger charge is 2.24. The summed E-state index contributed by atoms with van der Waals surface area (Å²) in [7, 11) is 1.38. The number of benzene rings is 1. The van der Waals surface area contributed by atoms with Crippen LogP contribution in [0.4, 0.5) is 8.78 Å². The van der Waals surface area contributed by atoms with Gasteiger partial charge in [0.15, 0.2) is 11.6 Å². The normalized spacial score (nSPS) is 17.4. The van der Waals surface area contributed by atoms with Gasteiger partial charge in [0.25, 0.3) is 0 Å². The summed E-state index contributed by atoms with van der Waals surface area (Å²) in [5.74, 6) is -0.749. The van der Waals surface area contributed by atoms with Crippen molar-refractivity contribution < 1.29 is 13.5 Å². The van der Waals surface area contributed by atoms with Crippen LogP contribution < -0.4 is 10.1 Å². The van der Waals surface area contributed by atoms with Crippen LogP contribution in [0.1, 0.15) is 24.3 Å². The summed E-state index contributed by atoms with van der Waals surface area (Å²) >= 11 is 0. The Morgan fingerprint density at radius 2 is 1.81 bits per heavy atom. The van der Waals surface area contributed by atoms with Gasteiger partial charge in [0, 0.05) is 5.56 Å². The molecule has 0 atom stereocenters. The minimum Gasteiger partial charge on any atom is -0.493 e. The Balaban J connectivity index is 2.40. The molecule has 1 saturated heterocycles. The number of methoxy groups -OCH3 is 1. The van der Waals surface area contributed by atoms with Crippen LogP contribution in [0.25, 0.3) is 0 Å². The second-order valence-corrected chi connectivity index (χ2v) is 4.00. The maximum Gasteiger partial charge on any atom is 0.165 e. The van der Waals surface area contributed by atoms with Gasteiger partial charge in [-0.3, -0.25) is 0 Å². The molecule has 0 spiro atoms. The van der Waals surface area contributed by atoms with Crippen molar-refractivity contribution in [1.29, 1.82) is 0 Å². The number of piperidine rings is 1. The number of halogens is 2. The molecule has 2 rings (SSSR count). The van der Waals surface area contributed by atoms with Crippen LogP contribution in [0.3, 0.4) is 0 Å². The van der Waals surface area contributed by atoms with Gasteiger partial charge in [-0.2, -0.15) is 0 Å². The number of hydrogen-bond acceptors (Lipinski definition) is 2. The van der Waals surface area contributed by atoms with E-state index in [1.807, 2.05) is 0 Å². The zero-order valence-electron chi connectivity index (χ0n) is 9.22. The summed E-state index contributed by atoms with van der Waals surface area (Å²) in [6, 6.07) is 2.29. The van der Waals surface area contributed by atoms with Gasteiger partial charge in [0.2, 0.25) is 0 Å². The van der Waals surface area contributed by atoms with Crippen LogP contribution in [0.2, 0.25) is 0 Å². The average molecular weight is 227 g/mol. The average Bonchev–Trinajstić information content (AvgIpc) is 2.33. The summed E-state index contributed by atoms with van der Waals surface area (Å²) in [6.45, 7) is 1.67. The smallest absolute Gasteiger partial charge is 0.165 e. The summed E-state index contributed by atoms with van der Waals surface area (Å²) < 4.78 is 32.2. The van der Waals surface area contributed by atoms with Gasteiger partial charge < -0.3 is 10.1 Å². The topological polar surface area (TPSA) is 21.3 Å². The highest BCUT2D eigenvalue weighted by molar-refractivity contribution is 5.39. The van der Waals surface area contributed by atoms with E-state index >= 15 is 0 Å². The van der Waals surface area contributed by atoms with Crippen LogP contribution in [-0.4, -0.2) is 20.2 Å². The fraction of sp³-hybridized carbons (Fsp3) is 0.500. The molecule has 0 unspecified atom stereocenters. The van der Waals surface area contributed by atoms with Crippen molar-refractivity contribution >= 4 is 0 Å². The van der Waals surface area contributed by atoms with E-state index in [2.05, 4.69) is 5.32 Å². The monoisotopic (exact) mass is 227 g/mol. The minimum absolute atomic E-state index is 0.0481. The molecule has 88 valence electrons. The van der Waals surface area contributed by atoms with Crippen LogP contribution in [0.15, 0.2) is 12.1 Å². The van der Waals surface area contributed by atoms with Crippen molar-refractivity contribution in [2.45, 2.75) is 18.8 Å². The molecular formula is C12H15F2NO. The number of hydrogen-bond donors (Lipinski definition) is 1. The molecule has 1 aliphatic rings. The molecule has 0 aromatic heterocycles. The number of rotatable bonds is 2. The Labute approximate surface area is 93.6 Å². The zero-order chi connectivity index (χ0) is 11.5. The quantitative estimate of drug-likeness (QED) is 0.837. The largest absolute Gasteiger partial charge is 0.493 e. The maximum absolute atomic E-state index is 13.7. The van der Waals surface area contributed by atoms with E-state index in [0.717, 1.165) is 32.0 Å². The first kappa shape index (κ1) is 11.3. The lowest BCUT2D eigenvalue weighted by Crippen LogP contribution is -2.27. The first-order chi connectivity index (χ1) is 7.74. The van der Waals surface area contributed by atoms with Gasteiger partial charge in [0.1, 0.15) is 5.82 Å². The molecule has 1 heterocycles. The first-order valence-electron chi connectivity index (χ1n) is 5.46. The van der Waals surface area contributed by atoms with E-state index < -0.39 is 5.82 Å². The van der Waals surface area contributed by atoms with Gasteiger partial charge in [-0.25, -0.2) is 8.78 Å². The van der Waals surface area contributed by atoms with E-state index in [0.29, 0.717) is 5.56 Å². The second-order valence-electron chi connectivity index (χ2n) is 4.00. The third-order valence-corrected chi connectivity index (χ3v) is 3.05. The van der Waals surface area contributed by atoms with Crippen molar-refractivity contribution in [3.05, 3.63) is 29.3 Å². The molecule has 0 radical (unpaired) electrons. The lowest BCUT2D eigenvalue weighted by atomic mass is 9.89. The van der Waals surface area contributed by atoms with Crippen molar-refractivity contribution in [3.8, 4) is 5.75 Å². The molecule has 0 amide bonds. The molecule has 1 N–H and O–H groups in total. The van der Waals surface area contributed by atoms with E-state index in [4.69, 9.17) is 4.74 Å². The predicted molar refractivity (Wildman–Crippen MR) is 57.8 cm³/mol. The van der Waals surface area contributed by atoms with Crippen LogP contribution in [0.5, 0.6) is 5.75 Å². The number of nitrogens with one attached hydrogen (secondary N) is 1. The Morgan fingerprint density at radius 3 is 2.44 bits per heavy atom. The van der Waals surface area contributed by atoms with Gasteiger partial charge in [-0.1, -0.05) is 0 Å². The van der Waals surface area contributed by atoms with Crippen molar-refractivity contribution in [1.82, 2.24) is 5.32 Å². The summed E-state index contributed by atoms with van der Waals surface area (Å²) in [5, 5.41) is 3.20. The summed E-state index contributed by atoms with van der Waals surface area (Å²) in [5.41, 5.74) is 0.393. The Hall–Kier alpha value is -1.16. The van der Waals surface area contributed by atoms with Gasteiger partial charge in [-0.15, -0.1) is 0 Å². The summed E-state index contributed by atoms with van der Waals surface area (Å²) in [6.07, 6.45) is 1.63. The molecule has 2 nitrogen and oxygen atoms in total. The highest BCUT2D eigenvalue weighted by atomic mass is 19.1. The molecule has 0 aliphatic carbocycles. The molecule has 1 aromatic rings. The lowest BCUT2D eigenvalue weighted by Gasteiger charge is -2.25. The Morgan fingerprint density at radius 1 is 1.19 bits per heavy atom. The predicted octanol–water partition coefficient (Wildman–Crippen LogP) is 2.44. The Bertz CT molecular complexity index is 376. The van der Waals surface area contributed by atoms with E-state index in [-0.39, 0.29) is 17.5 Å². The van der Waals surface area contributed by atoms with Crippen LogP contribution >= 0.6 is 0 Å². The SMILES string of the molecule is COc1c(F)ccc(F)c1C1CCNCC1. The molecule has 0 bridgehead atoms. The Kier molecular flexibility index (Phi) is 3.39. The third-order valence-electron chi connectivity index (χ3n) is 3.05. The fourth-order valence-electron chi connectivity index (χ4n) is 2.25. The minimum atomic E-state index is -0.488. The van der Waals surface area contributed by atoms with Gasteiger partial charge >= 0.3 is 0 Å². The third kappa shape index (κ3) is 2.02. The summed E-state index contributed by atoms with van der Waals surface area (Å²) in [4.78, 5) is 0. The fourth-order valence-corrected chi connectivity index (χ4v) is 2.25. The van der Waals surface area contributed by atoms with Crippen LogP contribution in [-0.2, 0) is 0 Å². The van der Waals surface area contributed by atoms with E-state index in [1.165, 1.54) is 13.2 Å². The van der Waals surface area contributed by atoms with E-state index in [1.54, 1.807) is 0 Å². The molecule has 0 saturated carbocycles. The molecule has 4 heteroatoms. The van der Waals surface area contributed by atoms with Crippen molar-refractivity contribution in [2.75, 3.05) is 20.2 Å². The molecule has 1 fully saturated rings. The molecule has 16 heavy (non-hydrogen) atoms.